The van der Waals surface area contributed by atoms with Gasteiger partial charge in [-0.25, -0.2) is 0 Å². The summed E-state index contributed by atoms with van der Waals surface area (Å²) in [7, 11) is 1.36. The first-order valence-electron chi connectivity index (χ1n) is 2.02. The van der Waals surface area contributed by atoms with Crippen molar-refractivity contribution in [2.75, 3.05) is 7.11 Å². The van der Waals surface area contributed by atoms with E-state index in [1.165, 1.54) is 7.11 Å². The van der Waals surface area contributed by atoms with Crippen molar-refractivity contribution in [3.05, 3.63) is 6.42 Å². The summed E-state index contributed by atoms with van der Waals surface area (Å²) in [6.45, 7) is 1.69. The predicted octanol–water partition coefficient (Wildman–Crippen LogP) is 0.651. The molecule has 0 saturated carbocycles. The molecule has 2 heteroatoms. The van der Waals surface area contributed by atoms with Gasteiger partial charge < -0.3 is 4.74 Å². The molecule has 40 valence electrons. The lowest BCUT2D eigenvalue weighted by Crippen LogP contribution is -1.97. The smallest absolute Gasteiger partial charge is 0.306 e. The maximum absolute atomic E-state index is 10.1. The molecule has 0 heterocycles. The Morgan fingerprint density at radius 2 is 2.43 bits per heavy atom. The van der Waals surface area contributed by atoms with E-state index in [9.17, 15) is 4.79 Å². The fourth-order valence-electron chi connectivity index (χ4n) is 0.217. The summed E-state index contributed by atoms with van der Waals surface area (Å²) < 4.78 is 4.29. The van der Waals surface area contributed by atoms with Gasteiger partial charge in [0.25, 0.3) is 0 Å². The van der Waals surface area contributed by atoms with Gasteiger partial charge in [0.2, 0.25) is 0 Å². The third kappa shape index (κ3) is 3.30. The predicted molar refractivity (Wildman–Crippen MR) is 25.5 cm³/mol. The Morgan fingerprint density at radius 1 is 1.86 bits per heavy atom. The van der Waals surface area contributed by atoms with Crippen LogP contribution in [0.1, 0.15) is 13.3 Å². The van der Waals surface area contributed by atoms with Crippen LogP contribution in [0.2, 0.25) is 0 Å². The molecular weight excluding hydrogens is 92.1 g/mol. The molecule has 0 aromatic carbocycles. The maximum Gasteiger partial charge on any atom is 0.306 e. The first-order valence-corrected chi connectivity index (χ1v) is 2.02. The number of hydrogen-bond acceptors (Lipinski definition) is 2. The fourth-order valence-corrected chi connectivity index (χ4v) is 0.217. The van der Waals surface area contributed by atoms with Gasteiger partial charge in [0.15, 0.2) is 0 Å². The van der Waals surface area contributed by atoms with Crippen molar-refractivity contribution in [1.29, 1.82) is 0 Å². The second-order valence-corrected chi connectivity index (χ2v) is 1.11. The average Bonchev–Trinajstić information content (AvgIpc) is 1.68. The Labute approximate surface area is 43.5 Å². The zero-order valence-corrected chi connectivity index (χ0v) is 4.52. The van der Waals surface area contributed by atoms with Gasteiger partial charge in [0.1, 0.15) is 0 Å². The number of hydrogen-bond donors (Lipinski definition) is 0. The second kappa shape index (κ2) is 3.65. The van der Waals surface area contributed by atoms with E-state index in [0.717, 1.165) is 0 Å². The van der Waals surface area contributed by atoms with E-state index < -0.39 is 0 Å². The number of carbonyl (C=O) groups is 1. The highest BCUT2D eigenvalue weighted by Crippen LogP contribution is 1.85. The molecule has 0 aromatic rings. The Hall–Kier alpha value is -0.530. The third-order valence-corrected chi connectivity index (χ3v) is 0.549. The van der Waals surface area contributed by atoms with Crippen molar-refractivity contribution in [2.45, 2.75) is 13.3 Å². The summed E-state index contributed by atoms with van der Waals surface area (Å²) >= 11 is 0. The zero-order chi connectivity index (χ0) is 5.70. The molecule has 0 saturated heterocycles. The monoisotopic (exact) mass is 100 g/mol. The van der Waals surface area contributed by atoms with Crippen molar-refractivity contribution in [1.82, 2.24) is 0 Å². The van der Waals surface area contributed by atoms with E-state index >= 15 is 0 Å². The van der Waals surface area contributed by atoms with E-state index in [2.05, 4.69) is 11.2 Å². The van der Waals surface area contributed by atoms with E-state index in [1.807, 2.05) is 0 Å². The molecule has 7 heavy (non-hydrogen) atoms. The number of esters is 1. The molecular formula is C5H8O2. The number of ether oxygens (including phenoxy) is 1. The lowest BCUT2D eigenvalue weighted by molar-refractivity contribution is -0.139. The van der Waals surface area contributed by atoms with E-state index in [1.54, 1.807) is 6.92 Å². The topological polar surface area (TPSA) is 26.3 Å². The Morgan fingerprint density at radius 3 is 2.57 bits per heavy atom. The van der Waals surface area contributed by atoms with Gasteiger partial charge in [-0.05, 0) is 6.42 Å². The molecule has 0 unspecified atom stereocenters. The molecule has 0 atom stereocenters. The van der Waals surface area contributed by atoms with Crippen molar-refractivity contribution >= 4 is 5.97 Å². The normalized spacial score (nSPS) is 8.29. The SMILES string of the molecule is C[C]CC(=O)OC. The quantitative estimate of drug-likeness (QED) is 0.476. The number of carbonyl (C=O) groups excluding carboxylic acids is 1. The molecule has 0 aliphatic heterocycles. The van der Waals surface area contributed by atoms with Crippen LogP contribution in [0.25, 0.3) is 0 Å². The highest BCUT2D eigenvalue weighted by atomic mass is 16.5. The van der Waals surface area contributed by atoms with Crippen LogP contribution in [0.15, 0.2) is 0 Å². The molecule has 0 aromatic heterocycles. The molecule has 0 amide bonds. The van der Waals surface area contributed by atoms with Crippen LogP contribution in [0.3, 0.4) is 0 Å². The Kier molecular flexibility index (Phi) is 3.38. The summed E-state index contributed by atoms with van der Waals surface area (Å²) in [6.07, 6.45) is 2.93. The first-order chi connectivity index (χ1) is 3.31. The van der Waals surface area contributed by atoms with Crippen LogP contribution >= 0.6 is 0 Å². The standard InChI is InChI=1S/C5H8O2/c1-3-4-5(6)7-2/h4H2,1-2H3. The largest absolute Gasteiger partial charge is 0.469 e. The van der Waals surface area contributed by atoms with Crippen LogP contribution in [0.5, 0.6) is 0 Å². The summed E-state index contributed by atoms with van der Waals surface area (Å²) in [5, 5.41) is 0. The Balaban J connectivity index is 3.00. The van der Waals surface area contributed by atoms with E-state index in [-0.39, 0.29) is 12.4 Å². The van der Waals surface area contributed by atoms with Gasteiger partial charge in [-0.1, -0.05) is 6.92 Å². The van der Waals surface area contributed by atoms with Crippen LogP contribution in [0, 0.1) is 6.42 Å². The lowest BCUT2D eigenvalue weighted by atomic mass is 10.3. The minimum atomic E-state index is -0.234. The van der Waals surface area contributed by atoms with Crippen molar-refractivity contribution < 1.29 is 9.53 Å². The minimum absolute atomic E-state index is 0.234. The van der Waals surface area contributed by atoms with Crippen LogP contribution in [-0.2, 0) is 9.53 Å². The minimum Gasteiger partial charge on any atom is -0.469 e. The van der Waals surface area contributed by atoms with E-state index in [4.69, 9.17) is 0 Å². The van der Waals surface area contributed by atoms with Gasteiger partial charge in [0, 0.05) is 0 Å². The summed E-state index contributed by atoms with van der Waals surface area (Å²) in [4.78, 5) is 10.1. The van der Waals surface area contributed by atoms with Crippen LogP contribution < -0.4 is 0 Å². The highest BCUT2D eigenvalue weighted by Gasteiger charge is 1.93. The molecule has 0 aliphatic rings. The van der Waals surface area contributed by atoms with Gasteiger partial charge >= 0.3 is 5.97 Å². The molecule has 2 nitrogen and oxygen atoms in total. The lowest BCUT2D eigenvalue weighted by Gasteiger charge is -1.90. The summed E-state index contributed by atoms with van der Waals surface area (Å²) in [6, 6.07) is 0. The van der Waals surface area contributed by atoms with E-state index in [0.29, 0.717) is 0 Å². The molecule has 0 N–H and O–H groups in total. The number of methoxy groups -OCH3 is 1. The molecule has 0 spiro atoms. The van der Waals surface area contributed by atoms with Crippen molar-refractivity contribution in [2.24, 2.45) is 0 Å². The molecule has 0 bridgehead atoms. The van der Waals surface area contributed by atoms with Crippen LogP contribution in [-0.4, -0.2) is 13.1 Å². The maximum atomic E-state index is 10.1. The second-order valence-electron chi connectivity index (χ2n) is 1.11. The number of rotatable bonds is 2. The zero-order valence-electron chi connectivity index (χ0n) is 4.52. The third-order valence-electron chi connectivity index (χ3n) is 0.549. The van der Waals surface area contributed by atoms with Crippen molar-refractivity contribution in [3.63, 3.8) is 0 Å². The molecule has 2 radical (unpaired) electrons. The average molecular weight is 100 g/mol. The summed E-state index contributed by atoms with van der Waals surface area (Å²) in [5.74, 6) is -0.234. The Bertz CT molecular complexity index is 59.1. The molecule has 0 rings (SSSR count). The van der Waals surface area contributed by atoms with Gasteiger partial charge in [-0.15, -0.1) is 0 Å². The van der Waals surface area contributed by atoms with Crippen LogP contribution in [0.4, 0.5) is 0 Å². The first kappa shape index (κ1) is 6.47. The van der Waals surface area contributed by atoms with Gasteiger partial charge in [0.05, 0.1) is 13.5 Å². The van der Waals surface area contributed by atoms with Crippen molar-refractivity contribution in [3.8, 4) is 0 Å². The summed E-state index contributed by atoms with van der Waals surface area (Å²) in [5.41, 5.74) is 0. The fraction of sp³-hybridized carbons (Fsp3) is 0.600. The highest BCUT2D eigenvalue weighted by molar-refractivity contribution is 5.70. The molecule has 0 aliphatic carbocycles. The van der Waals surface area contributed by atoms with Gasteiger partial charge in [-0.3, -0.25) is 4.79 Å². The van der Waals surface area contributed by atoms with Gasteiger partial charge in [-0.2, -0.15) is 0 Å². The molecule has 0 fully saturated rings.